The number of aromatic nitrogens is 3. The normalized spacial score (nSPS) is 7.86. The summed E-state index contributed by atoms with van der Waals surface area (Å²) < 4.78 is -0.357. The molecule has 0 saturated heterocycles. The van der Waals surface area contributed by atoms with Gasteiger partial charge >= 0.3 is 46.5 Å². The number of hydrogen-bond donors (Lipinski definition) is 0. The van der Waals surface area contributed by atoms with Crippen molar-refractivity contribution in [1.29, 1.82) is 0 Å². The first-order chi connectivity index (χ1) is 5.04. The van der Waals surface area contributed by atoms with E-state index in [1.165, 1.54) is 0 Å². The van der Waals surface area contributed by atoms with Crippen molar-refractivity contribution in [2.24, 2.45) is 0 Å². The molecule has 4 N–H and O–H groups in total. The molecule has 78 valence electrons. The Morgan fingerprint density at radius 3 is 1.50 bits per heavy atom. The van der Waals surface area contributed by atoms with E-state index in [-0.39, 0.29) is 54.7 Å². The first-order valence-electron chi connectivity index (χ1n) is 2.34. The molecule has 0 amide bonds. The van der Waals surface area contributed by atoms with Crippen molar-refractivity contribution in [2.75, 3.05) is 0 Å². The van der Waals surface area contributed by atoms with Gasteiger partial charge < -0.3 is 26.6 Å². The molecule has 0 aliphatic rings. The Bertz CT molecular complexity index is 287. The fourth-order valence-electron chi connectivity index (χ4n) is 0.446. The Hall–Kier alpha value is -0.0900. The van der Waals surface area contributed by atoms with Crippen LogP contribution in [0.1, 0.15) is 0 Å². The molecule has 0 aliphatic heterocycles. The van der Waals surface area contributed by atoms with Crippen LogP contribution in [0.5, 0.6) is 0 Å². The molecule has 0 fully saturated rings. The fourth-order valence-corrected chi connectivity index (χ4v) is 0.736. The van der Waals surface area contributed by atoms with Crippen LogP contribution in [-0.2, 0) is 0 Å². The van der Waals surface area contributed by atoms with Crippen LogP contribution in [0, 0.1) is 15.6 Å². The van der Waals surface area contributed by atoms with Gasteiger partial charge in [0.2, 0.25) is 0 Å². The zero-order valence-electron chi connectivity index (χ0n) is 5.90. The summed E-state index contributed by atoms with van der Waals surface area (Å²) in [5.74, 6) is 0. The maximum atomic E-state index is 10.6. The molecule has 14 heavy (non-hydrogen) atoms. The zero-order chi connectivity index (χ0) is 8.59. The van der Waals surface area contributed by atoms with E-state index in [9.17, 15) is 15.6 Å². The Balaban J connectivity index is -0.000000403. The summed E-state index contributed by atoms with van der Waals surface area (Å²) in [7, 11) is 0. The van der Waals surface area contributed by atoms with Gasteiger partial charge in [-0.3, -0.25) is 0 Å². The third-order valence-electron chi connectivity index (χ3n) is 0.909. The number of hydrogen-bond acceptors (Lipinski definition) is 3. The van der Waals surface area contributed by atoms with Gasteiger partial charge in [-0.15, -0.1) is 0 Å². The Labute approximate surface area is 110 Å². The quantitative estimate of drug-likeness (QED) is 0.271. The molecular formula is C3H6Cl2N3NaO5. The smallest absolute Gasteiger partial charge is 0.554 e. The van der Waals surface area contributed by atoms with Crippen molar-refractivity contribution in [1.82, 2.24) is 0 Å². The molecule has 0 aliphatic carbocycles. The summed E-state index contributed by atoms with van der Waals surface area (Å²) in [6.45, 7) is 0. The van der Waals surface area contributed by atoms with E-state index in [1.54, 1.807) is 0 Å². The molecule has 11 heteroatoms. The zero-order valence-corrected chi connectivity index (χ0v) is 7.41. The van der Waals surface area contributed by atoms with Gasteiger partial charge in [-0.1, -0.05) is 0 Å². The SMILES string of the molecule is O.O.[NaH].[O-][n+]1c[n+]([O-])c(Cl)[n+]([O-])c1Cl. The third-order valence-corrected chi connectivity index (χ3v) is 1.55. The topological polar surface area (TPSA) is 144 Å². The van der Waals surface area contributed by atoms with E-state index in [0.29, 0.717) is 6.33 Å². The molecule has 0 aromatic carbocycles. The molecule has 1 rings (SSSR count). The van der Waals surface area contributed by atoms with E-state index >= 15 is 0 Å². The molecule has 0 radical (unpaired) electrons. The van der Waals surface area contributed by atoms with Crippen LogP contribution < -0.4 is 14.2 Å². The van der Waals surface area contributed by atoms with E-state index in [4.69, 9.17) is 23.2 Å². The van der Waals surface area contributed by atoms with Crippen LogP contribution >= 0.6 is 23.2 Å². The summed E-state index contributed by atoms with van der Waals surface area (Å²) in [6.07, 6.45) is 0.499. The average molecular weight is 258 g/mol. The molecule has 8 nitrogen and oxygen atoms in total. The van der Waals surface area contributed by atoms with Crippen LogP contribution in [0.15, 0.2) is 6.33 Å². The molecule has 0 atom stereocenters. The number of halogens is 2. The van der Waals surface area contributed by atoms with E-state index in [0.717, 1.165) is 0 Å². The standard InChI is InChI=1S/C3HCl2N3O3.Na.2H2O.H/c4-2-6(9)1-7(10)3(5)8(2)11;;;;/h1H;;2*1H2;. The van der Waals surface area contributed by atoms with E-state index in [2.05, 4.69) is 0 Å². The fraction of sp³-hybridized carbons (Fsp3) is 0. The minimum atomic E-state index is -0.720. The molecule has 1 aromatic heterocycles. The van der Waals surface area contributed by atoms with Crippen molar-refractivity contribution >= 4 is 52.8 Å². The van der Waals surface area contributed by atoms with Crippen LogP contribution in [0.25, 0.3) is 0 Å². The van der Waals surface area contributed by atoms with Gasteiger partial charge in [0.15, 0.2) is 0 Å². The molecule has 0 spiro atoms. The molecular weight excluding hydrogens is 252 g/mol. The van der Waals surface area contributed by atoms with Gasteiger partial charge in [0.25, 0.3) is 0 Å². The summed E-state index contributed by atoms with van der Waals surface area (Å²) >= 11 is 10.2. The molecule has 0 unspecified atom stereocenters. The van der Waals surface area contributed by atoms with Gasteiger partial charge in [0.05, 0.1) is 23.2 Å². The molecule has 0 bridgehead atoms. The predicted molar refractivity (Wildman–Crippen MR) is 47.7 cm³/mol. The van der Waals surface area contributed by atoms with Crippen molar-refractivity contribution in [2.45, 2.75) is 0 Å². The first-order valence-corrected chi connectivity index (χ1v) is 3.09. The van der Waals surface area contributed by atoms with E-state index in [1.807, 2.05) is 0 Å². The predicted octanol–water partition coefficient (Wildman–Crippen LogP) is -3.40. The largest absolute Gasteiger partial charge is 0.609 e. The summed E-state index contributed by atoms with van der Waals surface area (Å²) in [6, 6.07) is 0. The second-order valence-corrected chi connectivity index (χ2v) is 2.28. The Morgan fingerprint density at radius 2 is 1.21 bits per heavy atom. The van der Waals surface area contributed by atoms with Gasteiger partial charge in [0.1, 0.15) is 0 Å². The van der Waals surface area contributed by atoms with Crippen molar-refractivity contribution in [3.05, 3.63) is 32.5 Å². The molecule has 1 heterocycles. The number of rotatable bonds is 0. The second-order valence-electron chi connectivity index (χ2n) is 1.60. The first kappa shape index (κ1) is 19.5. The Kier molecular flexibility index (Phi) is 10.1. The maximum absolute atomic E-state index is 10.6. The van der Waals surface area contributed by atoms with Gasteiger partial charge in [-0.05, 0) is 14.2 Å². The monoisotopic (exact) mass is 257 g/mol. The second kappa shape index (κ2) is 7.23. The van der Waals surface area contributed by atoms with Crippen molar-refractivity contribution in [3.63, 3.8) is 0 Å². The molecule has 0 saturated carbocycles. The van der Waals surface area contributed by atoms with Crippen molar-refractivity contribution < 1.29 is 25.1 Å². The van der Waals surface area contributed by atoms with Gasteiger partial charge in [-0.25, -0.2) is 0 Å². The minimum absolute atomic E-state index is 0. The summed E-state index contributed by atoms with van der Waals surface area (Å²) in [5.41, 5.74) is 0. The average Bonchev–Trinajstić information content (AvgIpc) is 1.97. The number of nitrogens with zero attached hydrogens (tertiary/aromatic N) is 3. The van der Waals surface area contributed by atoms with E-state index < -0.39 is 10.6 Å². The van der Waals surface area contributed by atoms with Gasteiger partial charge in [0, 0.05) is 0 Å². The van der Waals surface area contributed by atoms with Crippen molar-refractivity contribution in [3.8, 4) is 0 Å². The Morgan fingerprint density at radius 1 is 0.929 bits per heavy atom. The molecule has 1 aromatic rings. The maximum Gasteiger partial charge on any atom is 0.554 e. The third kappa shape index (κ3) is 3.58. The van der Waals surface area contributed by atoms with Crippen LogP contribution in [-0.4, -0.2) is 40.5 Å². The minimum Gasteiger partial charge on any atom is -0.609 e. The van der Waals surface area contributed by atoms with Gasteiger partial charge in [-0.2, -0.15) is 0 Å². The van der Waals surface area contributed by atoms with Crippen LogP contribution in [0.4, 0.5) is 0 Å². The summed E-state index contributed by atoms with van der Waals surface area (Å²) in [4.78, 5) is 0. The van der Waals surface area contributed by atoms with Crippen LogP contribution in [0.3, 0.4) is 0 Å². The summed E-state index contributed by atoms with van der Waals surface area (Å²) in [5, 5.41) is 30.2. The van der Waals surface area contributed by atoms with Crippen LogP contribution in [0.2, 0.25) is 10.6 Å².